The Morgan fingerprint density at radius 2 is 2.08 bits per heavy atom. The van der Waals surface area contributed by atoms with Gasteiger partial charge in [0, 0.05) is 0 Å². The number of hydrogen-bond donors (Lipinski definition) is 0. The van der Waals surface area contributed by atoms with Crippen LogP contribution in [-0.2, 0) is 0 Å². The Morgan fingerprint density at radius 3 is 2.58 bits per heavy atom. The second-order valence-corrected chi connectivity index (χ2v) is 2.38. The van der Waals surface area contributed by atoms with Crippen LogP contribution in [-0.4, -0.2) is 5.71 Å². The molecule has 0 unspecified atom stereocenters. The molecule has 0 aliphatic rings. The maximum atomic E-state index is 8.39. The number of hydrogen-bond acceptors (Lipinski definition) is 2. The molecule has 0 atom stereocenters. The zero-order valence-corrected chi connectivity index (χ0v) is 6.99. The molecular weight excluding hydrogens is 148 g/mol. The number of nitriles is 1. The van der Waals surface area contributed by atoms with E-state index < -0.39 is 0 Å². The molecule has 0 saturated carbocycles. The number of rotatable bonds is 2. The van der Waals surface area contributed by atoms with Gasteiger partial charge in [-0.25, -0.2) is 0 Å². The molecule has 0 spiro atoms. The molecule has 2 heteroatoms. The Labute approximate surface area is 72.2 Å². The third kappa shape index (κ3) is 1.93. The largest absolute Gasteiger partial charge is 0.205 e. The van der Waals surface area contributed by atoms with Gasteiger partial charge in [0.2, 0.25) is 6.19 Å². The summed E-state index contributed by atoms with van der Waals surface area (Å²) < 4.78 is 0. The van der Waals surface area contributed by atoms with Gasteiger partial charge in [0.25, 0.3) is 0 Å². The molecule has 0 saturated heterocycles. The summed E-state index contributed by atoms with van der Waals surface area (Å²) in [5.41, 5.74) is 1.87. The third-order valence-electron chi connectivity index (χ3n) is 1.63. The third-order valence-corrected chi connectivity index (χ3v) is 1.63. The summed E-state index contributed by atoms with van der Waals surface area (Å²) in [6.07, 6.45) is 2.59. The second-order valence-electron chi connectivity index (χ2n) is 2.38. The predicted molar refractivity (Wildman–Crippen MR) is 48.9 cm³/mol. The van der Waals surface area contributed by atoms with Gasteiger partial charge in [-0.1, -0.05) is 37.3 Å². The summed E-state index contributed by atoms with van der Waals surface area (Å²) in [5.74, 6) is 0. The highest BCUT2D eigenvalue weighted by molar-refractivity contribution is 6.00. The van der Waals surface area contributed by atoms with Crippen LogP contribution in [0, 0.1) is 11.5 Å². The van der Waals surface area contributed by atoms with Crippen LogP contribution >= 0.6 is 0 Å². The highest BCUT2D eigenvalue weighted by Crippen LogP contribution is 2.03. The molecule has 0 radical (unpaired) electrons. The summed E-state index contributed by atoms with van der Waals surface area (Å²) in [5, 5.41) is 8.39. The first-order valence-corrected chi connectivity index (χ1v) is 3.89. The van der Waals surface area contributed by atoms with Crippen LogP contribution in [0.2, 0.25) is 0 Å². The van der Waals surface area contributed by atoms with Crippen molar-refractivity contribution in [3.63, 3.8) is 0 Å². The summed E-state index contributed by atoms with van der Waals surface area (Å²) in [6.45, 7) is 1.99. The van der Waals surface area contributed by atoms with Crippen molar-refractivity contribution in [2.75, 3.05) is 0 Å². The maximum Gasteiger partial charge on any atom is 0.205 e. The van der Waals surface area contributed by atoms with Gasteiger partial charge >= 0.3 is 0 Å². The Bertz CT molecular complexity index is 306. The molecule has 1 aromatic carbocycles. The van der Waals surface area contributed by atoms with Crippen LogP contribution in [0.3, 0.4) is 0 Å². The monoisotopic (exact) mass is 158 g/mol. The first kappa shape index (κ1) is 8.48. The van der Waals surface area contributed by atoms with Crippen LogP contribution in [0.4, 0.5) is 0 Å². The van der Waals surface area contributed by atoms with Crippen molar-refractivity contribution >= 4 is 5.71 Å². The molecule has 0 amide bonds. The molecule has 0 fully saturated rings. The van der Waals surface area contributed by atoms with E-state index in [0.717, 1.165) is 17.7 Å². The number of aliphatic imine (C=N–C) groups is 1. The summed E-state index contributed by atoms with van der Waals surface area (Å²) in [6, 6.07) is 9.75. The minimum Gasteiger partial charge on any atom is -0.178 e. The van der Waals surface area contributed by atoms with Gasteiger partial charge in [0.1, 0.15) is 0 Å². The van der Waals surface area contributed by atoms with E-state index in [1.165, 1.54) is 0 Å². The average molecular weight is 158 g/mol. The molecule has 1 aromatic rings. The van der Waals surface area contributed by atoms with Crippen LogP contribution in [0.25, 0.3) is 0 Å². The number of benzene rings is 1. The van der Waals surface area contributed by atoms with E-state index in [0.29, 0.717) is 0 Å². The standard InChI is InChI=1S/C10H10N2/c1-2-10(12-8-11)9-6-4-3-5-7-9/h3-7H,2H2,1H3/b12-10+. The van der Waals surface area contributed by atoms with Crippen molar-refractivity contribution in [1.29, 1.82) is 5.26 Å². The van der Waals surface area contributed by atoms with Gasteiger partial charge in [-0.05, 0) is 12.0 Å². The lowest BCUT2D eigenvalue weighted by atomic mass is 10.1. The SMILES string of the molecule is CC/C(=N\C#N)c1ccccc1. The lowest BCUT2D eigenvalue weighted by molar-refractivity contribution is 1.26. The van der Waals surface area contributed by atoms with E-state index in [2.05, 4.69) is 4.99 Å². The molecule has 0 aliphatic carbocycles. The normalized spacial score (nSPS) is 10.8. The Morgan fingerprint density at radius 1 is 1.42 bits per heavy atom. The van der Waals surface area contributed by atoms with Crippen molar-refractivity contribution in [3.8, 4) is 6.19 Å². The Balaban J connectivity index is 2.98. The van der Waals surface area contributed by atoms with Gasteiger partial charge in [0.05, 0.1) is 5.71 Å². The smallest absolute Gasteiger partial charge is 0.178 e. The molecule has 0 N–H and O–H groups in total. The van der Waals surface area contributed by atoms with E-state index in [4.69, 9.17) is 5.26 Å². The first-order chi connectivity index (χ1) is 5.88. The molecule has 1 rings (SSSR count). The molecular formula is C10H10N2. The minimum atomic E-state index is 0.789. The lowest BCUT2D eigenvalue weighted by Crippen LogP contribution is -1.97. The molecule has 0 aliphatic heterocycles. The van der Waals surface area contributed by atoms with E-state index >= 15 is 0 Å². The highest BCUT2D eigenvalue weighted by Gasteiger charge is 1.97. The van der Waals surface area contributed by atoms with Crippen molar-refractivity contribution in [3.05, 3.63) is 35.9 Å². The van der Waals surface area contributed by atoms with E-state index in [1.807, 2.05) is 37.3 Å². The van der Waals surface area contributed by atoms with E-state index in [-0.39, 0.29) is 0 Å². The maximum absolute atomic E-state index is 8.39. The van der Waals surface area contributed by atoms with Gasteiger partial charge < -0.3 is 0 Å². The predicted octanol–water partition coefficient (Wildman–Crippen LogP) is 2.37. The molecule has 0 bridgehead atoms. The van der Waals surface area contributed by atoms with Crippen molar-refractivity contribution < 1.29 is 0 Å². The van der Waals surface area contributed by atoms with Crippen molar-refractivity contribution in [2.45, 2.75) is 13.3 Å². The fourth-order valence-electron chi connectivity index (χ4n) is 1.04. The second kappa shape index (κ2) is 4.30. The van der Waals surface area contributed by atoms with Crippen LogP contribution in [0.1, 0.15) is 18.9 Å². The minimum absolute atomic E-state index is 0.789. The quantitative estimate of drug-likeness (QED) is 0.480. The van der Waals surface area contributed by atoms with Crippen molar-refractivity contribution in [2.24, 2.45) is 4.99 Å². The Kier molecular flexibility index (Phi) is 3.04. The van der Waals surface area contributed by atoms with Crippen LogP contribution in [0.5, 0.6) is 0 Å². The zero-order chi connectivity index (χ0) is 8.81. The molecule has 0 aromatic heterocycles. The fourth-order valence-corrected chi connectivity index (χ4v) is 1.04. The van der Waals surface area contributed by atoms with Gasteiger partial charge in [-0.15, -0.1) is 0 Å². The van der Waals surface area contributed by atoms with E-state index in [9.17, 15) is 0 Å². The summed E-state index contributed by atoms with van der Waals surface area (Å²) >= 11 is 0. The summed E-state index contributed by atoms with van der Waals surface area (Å²) in [4.78, 5) is 3.74. The first-order valence-electron chi connectivity index (χ1n) is 3.89. The Hall–Kier alpha value is -1.62. The fraction of sp³-hybridized carbons (Fsp3) is 0.200. The zero-order valence-electron chi connectivity index (χ0n) is 6.99. The lowest BCUT2D eigenvalue weighted by Gasteiger charge is -1.98. The van der Waals surface area contributed by atoms with Crippen molar-refractivity contribution in [1.82, 2.24) is 0 Å². The molecule has 12 heavy (non-hydrogen) atoms. The average Bonchev–Trinajstić information content (AvgIpc) is 2.15. The van der Waals surface area contributed by atoms with E-state index in [1.54, 1.807) is 6.19 Å². The summed E-state index contributed by atoms with van der Waals surface area (Å²) in [7, 11) is 0. The van der Waals surface area contributed by atoms with Crippen LogP contribution < -0.4 is 0 Å². The van der Waals surface area contributed by atoms with Gasteiger partial charge in [-0.3, -0.25) is 0 Å². The molecule has 60 valence electrons. The van der Waals surface area contributed by atoms with Gasteiger partial charge in [-0.2, -0.15) is 10.3 Å². The number of nitrogens with zero attached hydrogens (tertiary/aromatic N) is 2. The highest BCUT2D eigenvalue weighted by atomic mass is 14.7. The topological polar surface area (TPSA) is 36.1 Å². The molecule has 2 nitrogen and oxygen atoms in total. The van der Waals surface area contributed by atoms with Crippen LogP contribution in [0.15, 0.2) is 35.3 Å². The van der Waals surface area contributed by atoms with Gasteiger partial charge in [0.15, 0.2) is 0 Å². The molecule has 0 heterocycles.